The Hall–Kier alpha value is -3.42. The maximum absolute atomic E-state index is 11.7. The highest BCUT2D eigenvalue weighted by molar-refractivity contribution is 6.35. The van der Waals surface area contributed by atoms with Crippen LogP contribution in [0.3, 0.4) is 0 Å². The van der Waals surface area contributed by atoms with Gasteiger partial charge in [-0.15, -0.1) is 0 Å². The number of nitrogens with one attached hydrogen (secondary N) is 3. The van der Waals surface area contributed by atoms with E-state index in [0.717, 1.165) is 5.69 Å². The van der Waals surface area contributed by atoms with Crippen LogP contribution in [0.2, 0.25) is 0 Å². The fourth-order valence-electron chi connectivity index (χ4n) is 1.86. The van der Waals surface area contributed by atoms with Crippen LogP contribution in [0.15, 0.2) is 48.8 Å². The Morgan fingerprint density at radius 1 is 1.08 bits per heavy atom. The smallest absolute Gasteiger partial charge is 0.327 e. The van der Waals surface area contributed by atoms with Crippen LogP contribution in [0.5, 0.6) is 0 Å². The third-order valence-corrected chi connectivity index (χ3v) is 2.98. The van der Waals surface area contributed by atoms with Gasteiger partial charge in [-0.3, -0.25) is 25.2 Å². The van der Waals surface area contributed by atoms with Crippen LogP contribution in [-0.4, -0.2) is 33.5 Å². The summed E-state index contributed by atoms with van der Waals surface area (Å²) in [6.07, 6.45) is 6.13. The molecule has 0 aliphatic rings. The van der Waals surface area contributed by atoms with E-state index in [-0.39, 0.29) is 6.04 Å². The zero-order chi connectivity index (χ0) is 18.2. The molecule has 0 spiro atoms. The van der Waals surface area contributed by atoms with E-state index in [2.05, 4.69) is 15.8 Å². The van der Waals surface area contributed by atoms with Crippen LogP contribution in [0.1, 0.15) is 19.4 Å². The maximum Gasteiger partial charge on any atom is 0.327 e. The number of carbonyl (C=O) groups excluding carboxylic acids is 3. The molecule has 1 aromatic carbocycles. The highest BCUT2D eigenvalue weighted by Crippen LogP contribution is 2.08. The third kappa shape index (κ3) is 5.61. The van der Waals surface area contributed by atoms with E-state index in [0.29, 0.717) is 5.56 Å². The van der Waals surface area contributed by atoms with E-state index in [9.17, 15) is 14.4 Å². The van der Waals surface area contributed by atoms with Crippen molar-refractivity contribution in [3.63, 3.8) is 0 Å². The second-order valence-corrected chi connectivity index (χ2v) is 5.46. The molecule has 8 heteroatoms. The fourth-order valence-corrected chi connectivity index (χ4v) is 1.86. The molecule has 3 N–H and O–H groups in total. The minimum atomic E-state index is -0.938. The molecule has 130 valence electrons. The number of para-hydroxylation sites is 1. The van der Waals surface area contributed by atoms with Gasteiger partial charge in [0.15, 0.2) is 0 Å². The van der Waals surface area contributed by atoms with Gasteiger partial charge in [0.2, 0.25) is 0 Å². The predicted octanol–water partition coefficient (Wildman–Crippen LogP) is 0.558. The van der Waals surface area contributed by atoms with Crippen molar-refractivity contribution in [2.45, 2.75) is 19.9 Å². The molecule has 0 fully saturated rings. The number of hydrazine groups is 1. The molecule has 2 rings (SSSR count). The summed E-state index contributed by atoms with van der Waals surface area (Å²) in [6.45, 7) is 3.45. The normalized spacial score (nSPS) is 10.7. The van der Waals surface area contributed by atoms with E-state index in [1.807, 2.05) is 35.8 Å². The van der Waals surface area contributed by atoms with E-state index < -0.39 is 17.7 Å². The first-order valence-corrected chi connectivity index (χ1v) is 7.64. The van der Waals surface area contributed by atoms with Crippen molar-refractivity contribution >= 4 is 23.8 Å². The molecule has 25 heavy (non-hydrogen) atoms. The van der Waals surface area contributed by atoms with Crippen molar-refractivity contribution < 1.29 is 14.4 Å². The number of benzene rings is 1. The number of hydrogen-bond acceptors (Lipinski definition) is 4. The summed E-state index contributed by atoms with van der Waals surface area (Å²) >= 11 is 0. The van der Waals surface area contributed by atoms with Gasteiger partial charge in [0.05, 0.1) is 11.9 Å². The van der Waals surface area contributed by atoms with Crippen LogP contribution >= 0.6 is 0 Å². The SMILES string of the molecule is CC(C)NC(=O)C(=O)NNC(=O)/C=C/c1cnn(-c2ccccc2)c1. The monoisotopic (exact) mass is 341 g/mol. The van der Waals surface area contributed by atoms with Crippen LogP contribution < -0.4 is 16.2 Å². The van der Waals surface area contributed by atoms with Gasteiger partial charge in [-0.2, -0.15) is 5.10 Å². The quantitative estimate of drug-likeness (QED) is 0.429. The zero-order valence-corrected chi connectivity index (χ0v) is 13.9. The van der Waals surface area contributed by atoms with Gasteiger partial charge in [-0.05, 0) is 32.1 Å². The molecule has 0 saturated carbocycles. The molecule has 0 aliphatic heterocycles. The molecule has 3 amide bonds. The second-order valence-electron chi connectivity index (χ2n) is 5.46. The van der Waals surface area contributed by atoms with Crippen molar-refractivity contribution in [3.05, 3.63) is 54.4 Å². The third-order valence-electron chi connectivity index (χ3n) is 2.98. The Kier molecular flexibility index (Phi) is 6.05. The van der Waals surface area contributed by atoms with E-state index in [1.165, 1.54) is 6.08 Å². The predicted molar refractivity (Wildman–Crippen MR) is 92.2 cm³/mol. The summed E-state index contributed by atoms with van der Waals surface area (Å²) in [5, 5.41) is 6.61. The van der Waals surface area contributed by atoms with Crippen molar-refractivity contribution in [2.75, 3.05) is 0 Å². The topological polar surface area (TPSA) is 105 Å². The number of rotatable bonds is 4. The van der Waals surface area contributed by atoms with E-state index in [4.69, 9.17) is 0 Å². The molecule has 0 unspecified atom stereocenters. The zero-order valence-electron chi connectivity index (χ0n) is 13.9. The number of carbonyl (C=O) groups is 3. The average Bonchev–Trinajstić information content (AvgIpc) is 3.07. The van der Waals surface area contributed by atoms with Crippen LogP contribution in [0, 0.1) is 0 Å². The highest BCUT2D eigenvalue weighted by Gasteiger charge is 2.14. The molecule has 0 atom stereocenters. The van der Waals surface area contributed by atoms with E-state index >= 15 is 0 Å². The van der Waals surface area contributed by atoms with Gasteiger partial charge >= 0.3 is 11.8 Å². The Labute approximate surface area is 144 Å². The first kappa shape index (κ1) is 17.9. The van der Waals surface area contributed by atoms with Crippen molar-refractivity contribution in [3.8, 4) is 5.69 Å². The number of nitrogens with zero attached hydrogens (tertiary/aromatic N) is 2. The van der Waals surface area contributed by atoms with Gasteiger partial charge in [-0.1, -0.05) is 18.2 Å². The minimum absolute atomic E-state index is 0.171. The lowest BCUT2D eigenvalue weighted by atomic mass is 10.3. The number of amides is 3. The van der Waals surface area contributed by atoms with Gasteiger partial charge < -0.3 is 5.32 Å². The number of hydrogen-bond donors (Lipinski definition) is 3. The van der Waals surface area contributed by atoms with Crippen molar-refractivity contribution in [1.82, 2.24) is 25.9 Å². The van der Waals surface area contributed by atoms with Gasteiger partial charge in [0.1, 0.15) is 0 Å². The Balaban J connectivity index is 1.85. The summed E-state index contributed by atoms with van der Waals surface area (Å²) < 4.78 is 1.68. The van der Waals surface area contributed by atoms with Crippen molar-refractivity contribution in [1.29, 1.82) is 0 Å². The fraction of sp³-hybridized carbons (Fsp3) is 0.176. The summed E-state index contributed by atoms with van der Waals surface area (Å²) in [5.74, 6) is -2.33. The molecule has 1 aromatic heterocycles. The van der Waals surface area contributed by atoms with Crippen LogP contribution in [0.4, 0.5) is 0 Å². The van der Waals surface area contributed by atoms with Crippen LogP contribution in [0.25, 0.3) is 11.8 Å². The van der Waals surface area contributed by atoms with E-state index in [1.54, 1.807) is 37.0 Å². The molecule has 1 heterocycles. The molecular weight excluding hydrogens is 322 g/mol. The minimum Gasteiger partial charge on any atom is -0.346 e. The Bertz CT molecular complexity index is 781. The summed E-state index contributed by atoms with van der Waals surface area (Å²) in [6, 6.07) is 9.36. The van der Waals surface area contributed by atoms with Crippen molar-refractivity contribution in [2.24, 2.45) is 0 Å². The first-order chi connectivity index (χ1) is 12.0. The Morgan fingerprint density at radius 2 is 1.80 bits per heavy atom. The van der Waals surface area contributed by atoms with Crippen LogP contribution in [-0.2, 0) is 14.4 Å². The standard InChI is InChI=1S/C17H19N5O3/c1-12(2)19-16(24)17(25)21-20-15(23)9-8-13-10-18-22(11-13)14-6-4-3-5-7-14/h3-12H,1-2H3,(H,19,24)(H,20,23)(H,21,25)/b9-8+. The second kappa shape index (κ2) is 8.44. The molecule has 8 nitrogen and oxygen atoms in total. The Morgan fingerprint density at radius 3 is 2.48 bits per heavy atom. The summed E-state index contributed by atoms with van der Waals surface area (Å²) in [7, 11) is 0. The summed E-state index contributed by atoms with van der Waals surface area (Å²) in [5.41, 5.74) is 5.77. The lowest BCUT2D eigenvalue weighted by molar-refractivity contribution is -0.140. The molecule has 0 saturated heterocycles. The lowest BCUT2D eigenvalue weighted by Crippen LogP contribution is -2.49. The summed E-state index contributed by atoms with van der Waals surface area (Å²) in [4.78, 5) is 34.5. The molecule has 2 aromatic rings. The molecule has 0 bridgehead atoms. The lowest BCUT2D eigenvalue weighted by Gasteiger charge is -2.08. The number of aromatic nitrogens is 2. The molecule has 0 aliphatic carbocycles. The highest BCUT2D eigenvalue weighted by atomic mass is 16.2. The largest absolute Gasteiger partial charge is 0.346 e. The maximum atomic E-state index is 11.7. The van der Waals surface area contributed by atoms with Gasteiger partial charge in [-0.25, -0.2) is 4.68 Å². The average molecular weight is 341 g/mol. The van der Waals surface area contributed by atoms with Gasteiger partial charge in [0.25, 0.3) is 5.91 Å². The molecular formula is C17H19N5O3. The van der Waals surface area contributed by atoms with Gasteiger partial charge in [0, 0.05) is 23.9 Å². The molecule has 0 radical (unpaired) electrons. The first-order valence-electron chi connectivity index (χ1n) is 7.64.